The Hall–Kier alpha value is -2.18. The van der Waals surface area contributed by atoms with Crippen molar-refractivity contribution in [3.05, 3.63) is 59.2 Å². The number of nitrogens with two attached hydrogens (primary N) is 2. The minimum Gasteiger partial charge on any atom is -0.494 e. The number of benzene rings is 2. The zero-order valence-electron chi connectivity index (χ0n) is 11.6. The van der Waals surface area contributed by atoms with Gasteiger partial charge in [-0.1, -0.05) is 12.1 Å². The van der Waals surface area contributed by atoms with Gasteiger partial charge in [0.25, 0.3) is 0 Å². The van der Waals surface area contributed by atoms with Crippen LogP contribution in [0.1, 0.15) is 17.2 Å². The standard InChI is InChI=1S/C15H17F2N3O/c1-21-14-4-2-3-9(15(14)17)7-13(20-19)11-8-10(16)5-6-12(11)18/h2-6,8,13,20H,7,18-19H2,1H3. The molecule has 112 valence electrons. The van der Waals surface area contributed by atoms with Crippen molar-refractivity contribution in [1.29, 1.82) is 0 Å². The number of halogens is 2. The third-order valence-electron chi connectivity index (χ3n) is 3.31. The van der Waals surface area contributed by atoms with Gasteiger partial charge in [-0.15, -0.1) is 0 Å². The van der Waals surface area contributed by atoms with Gasteiger partial charge in [-0.2, -0.15) is 0 Å². The summed E-state index contributed by atoms with van der Waals surface area (Å²) in [5.74, 6) is 4.77. The minimum atomic E-state index is -0.512. The Kier molecular flexibility index (Phi) is 4.72. The highest BCUT2D eigenvalue weighted by atomic mass is 19.1. The molecule has 2 rings (SSSR count). The lowest BCUT2D eigenvalue weighted by molar-refractivity contribution is 0.382. The molecule has 0 aromatic heterocycles. The van der Waals surface area contributed by atoms with E-state index in [4.69, 9.17) is 16.3 Å². The largest absolute Gasteiger partial charge is 0.494 e. The van der Waals surface area contributed by atoms with Crippen LogP contribution in [0.5, 0.6) is 5.75 Å². The summed E-state index contributed by atoms with van der Waals surface area (Å²) in [5, 5.41) is 0. The summed E-state index contributed by atoms with van der Waals surface area (Å²) < 4.78 is 32.5. The maximum absolute atomic E-state index is 14.2. The fourth-order valence-electron chi connectivity index (χ4n) is 2.20. The SMILES string of the molecule is COc1cccc(CC(NN)c2cc(F)ccc2N)c1F. The molecule has 0 fully saturated rings. The first-order valence-electron chi connectivity index (χ1n) is 6.39. The summed E-state index contributed by atoms with van der Waals surface area (Å²) >= 11 is 0. The number of hydrazine groups is 1. The van der Waals surface area contributed by atoms with Gasteiger partial charge in [-0.05, 0) is 41.8 Å². The highest BCUT2D eigenvalue weighted by molar-refractivity contribution is 5.49. The van der Waals surface area contributed by atoms with E-state index < -0.39 is 17.7 Å². The Balaban J connectivity index is 2.33. The molecule has 0 saturated heterocycles. The molecule has 6 heteroatoms. The fraction of sp³-hybridized carbons (Fsp3) is 0.200. The van der Waals surface area contributed by atoms with Gasteiger partial charge in [-0.25, -0.2) is 8.78 Å². The molecule has 1 atom stereocenters. The third kappa shape index (κ3) is 3.29. The molecule has 0 spiro atoms. The molecule has 0 saturated carbocycles. The molecular formula is C15H17F2N3O. The Morgan fingerprint density at radius 2 is 2.00 bits per heavy atom. The van der Waals surface area contributed by atoms with Crippen LogP contribution in [0.2, 0.25) is 0 Å². The topological polar surface area (TPSA) is 73.3 Å². The Bertz CT molecular complexity index is 634. The molecule has 0 bridgehead atoms. The van der Waals surface area contributed by atoms with Crippen LogP contribution in [0, 0.1) is 11.6 Å². The van der Waals surface area contributed by atoms with Crippen LogP contribution in [0.25, 0.3) is 0 Å². The van der Waals surface area contributed by atoms with Crippen LogP contribution in [-0.2, 0) is 6.42 Å². The summed E-state index contributed by atoms with van der Waals surface area (Å²) in [6.07, 6.45) is 0.215. The number of nitrogens with one attached hydrogen (secondary N) is 1. The van der Waals surface area contributed by atoms with E-state index in [2.05, 4.69) is 5.43 Å². The van der Waals surface area contributed by atoms with Crippen LogP contribution in [0.4, 0.5) is 14.5 Å². The van der Waals surface area contributed by atoms with Crippen LogP contribution >= 0.6 is 0 Å². The van der Waals surface area contributed by atoms with E-state index in [0.29, 0.717) is 16.8 Å². The lowest BCUT2D eigenvalue weighted by atomic mass is 9.97. The summed E-state index contributed by atoms with van der Waals surface area (Å²) in [5.41, 5.74) is 9.66. The Morgan fingerprint density at radius 1 is 1.24 bits per heavy atom. The number of ether oxygens (including phenoxy) is 1. The molecule has 21 heavy (non-hydrogen) atoms. The molecule has 0 amide bonds. The van der Waals surface area contributed by atoms with E-state index in [-0.39, 0.29) is 12.2 Å². The monoisotopic (exact) mass is 293 g/mol. The van der Waals surface area contributed by atoms with Crippen LogP contribution in [0.3, 0.4) is 0 Å². The van der Waals surface area contributed by atoms with Gasteiger partial charge in [0.05, 0.1) is 13.2 Å². The Morgan fingerprint density at radius 3 is 2.67 bits per heavy atom. The number of nitrogen functional groups attached to an aromatic ring is 1. The highest BCUT2D eigenvalue weighted by Crippen LogP contribution is 2.27. The van der Waals surface area contributed by atoms with Crippen molar-refractivity contribution in [1.82, 2.24) is 5.43 Å². The quantitative estimate of drug-likeness (QED) is 0.449. The molecule has 2 aromatic rings. The molecule has 0 aliphatic heterocycles. The smallest absolute Gasteiger partial charge is 0.168 e. The maximum Gasteiger partial charge on any atom is 0.168 e. The van der Waals surface area contributed by atoms with Crippen molar-refractivity contribution in [3.63, 3.8) is 0 Å². The van der Waals surface area contributed by atoms with Crippen molar-refractivity contribution in [2.75, 3.05) is 12.8 Å². The molecular weight excluding hydrogens is 276 g/mol. The van der Waals surface area contributed by atoms with Gasteiger partial charge in [-0.3, -0.25) is 11.3 Å². The Labute approximate surface area is 121 Å². The number of methoxy groups -OCH3 is 1. The average molecular weight is 293 g/mol. The van der Waals surface area contributed by atoms with Crippen molar-refractivity contribution >= 4 is 5.69 Å². The first-order valence-corrected chi connectivity index (χ1v) is 6.39. The third-order valence-corrected chi connectivity index (χ3v) is 3.31. The van der Waals surface area contributed by atoms with Gasteiger partial charge in [0.2, 0.25) is 0 Å². The van der Waals surface area contributed by atoms with Crippen molar-refractivity contribution in [2.45, 2.75) is 12.5 Å². The first kappa shape index (κ1) is 15.2. The number of hydrogen-bond acceptors (Lipinski definition) is 4. The van der Waals surface area contributed by atoms with Gasteiger partial charge in [0.1, 0.15) is 5.82 Å². The van der Waals surface area contributed by atoms with E-state index in [1.165, 1.54) is 31.4 Å². The molecule has 0 heterocycles. The van der Waals surface area contributed by atoms with Crippen LogP contribution < -0.4 is 21.7 Å². The maximum atomic E-state index is 14.2. The lowest BCUT2D eigenvalue weighted by Gasteiger charge is -2.19. The molecule has 1 unspecified atom stereocenters. The van der Waals surface area contributed by atoms with Crippen molar-refractivity contribution < 1.29 is 13.5 Å². The molecule has 5 N–H and O–H groups in total. The normalized spacial score (nSPS) is 12.2. The minimum absolute atomic E-state index is 0.149. The summed E-state index contributed by atoms with van der Waals surface area (Å²) in [6, 6.07) is 8.33. The highest BCUT2D eigenvalue weighted by Gasteiger charge is 2.18. The van der Waals surface area contributed by atoms with E-state index in [0.717, 1.165) is 0 Å². The van der Waals surface area contributed by atoms with Crippen molar-refractivity contribution in [3.8, 4) is 5.75 Å². The van der Waals surface area contributed by atoms with E-state index in [1.54, 1.807) is 12.1 Å². The second-order valence-corrected chi connectivity index (χ2v) is 4.63. The van der Waals surface area contributed by atoms with Crippen molar-refractivity contribution in [2.24, 2.45) is 5.84 Å². The fourth-order valence-corrected chi connectivity index (χ4v) is 2.20. The lowest BCUT2D eigenvalue weighted by Crippen LogP contribution is -2.30. The van der Waals surface area contributed by atoms with Gasteiger partial charge in [0.15, 0.2) is 11.6 Å². The average Bonchev–Trinajstić information content (AvgIpc) is 2.49. The predicted molar refractivity (Wildman–Crippen MR) is 77.5 cm³/mol. The van der Waals surface area contributed by atoms with E-state index in [1.807, 2.05) is 0 Å². The first-order chi connectivity index (χ1) is 10.1. The summed E-state index contributed by atoms with van der Waals surface area (Å²) in [7, 11) is 1.39. The van der Waals surface area contributed by atoms with Gasteiger partial charge < -0.3 is 10.5 Å². The molecule has 2 aromatic carbocycles. The van der Waals surface area contributed by atoms with E-state index >= 15 is 0 Å². The second kappa shape index (κ2) is 6.51. The number of rotatable bonds is 5. The molecule has 0 aliphatic carbocycles. The summed E-state index contributed by atoms with van der Waals surface area (Å²) in [4.78, 5) is 0. The van der Waals surface area contributed by atoms with Crippen LogP contribution in [0.15, 0.2) is 36.4 Å². The van der Waals surface area contributed by atoms with E-state index in [9.17, 15) is 8.78 Å². The summed E-state index contributed by atoms with van der Waals surface area (Å²) in [6.45, 7) is 0. The zero-order valence-corrected chi connectivity index (χ0v) is 11.6. The van der Waals surface area contributed by atoms with Gasteiger partial charge in [0, 0.05) is 5.69 Å². The predicted octanol–water partition coefficient (Wildman–Crippen LogP) is 2.30. The zero-order chi connectivity index (χ0) is 15.4. The van der Waals surface area contributed by atoms with Gasteiger partial charge >= 0.3 is 0 Å². The molecule has 0 radical (unpaired) electrons. The molecule has 0 aliphatic rings. The number of hydrogen-bond donors (Lipinski definition) is 3. The molecule has 4 nitrogen and oxygen atoms in total. The number of anilines is 1. The van der Waals surface area contributed by atoms with Crippen LogP contribution in [-0.4, -0.2) is 7.11 Å². The second-order valence-electron chi connectivity index (χ2n) is 4.63.